The number of hydrogen-bond donors (Lipinski definition) is 1. The number of piperazine rings is 1. The van der Waals surface area contributed by atoms with E-state index in [1.54, 1.807) is 7.11 Å². The molecular weight excluding hydrogens is 362 g/mol. The van der Waals surface area contributed by atoms with Crippen molar-refractivity contribution in [1.29, 1.82) is 0 Å². The number of benzene rings is 1. The molecule has 0 aromatic heterocycles. The van der Waals surface area contributed by atoms with Gasteiger partial charge in [-0.1, -0.05) is 30.4 Å². The Balaban J connectivity index is 1.54. The summed E-state index contributed by atoms with van der Waals surface area (Å²) in [6.45, 7) is 11.5. The standard InChI is InChI=1S/C24H39N3O2/c1-20(2)26-14-10-22(11-15-26)27-17-16-25(19-23(27)12-18-28)13-6-8-21-7-4-5-9-24(21)29-3/h4-9,20,22-23,28H,10-19H2,1-3H3/b8-6+. The van der Waals surface area contributed by atoms with Gasteiger partial charge in [-0.25, -0.2) is 0 Å². The molecule has 1 aromatic rings. The van der Waals surface area contributed by atoms with Crippen LogP contribution < -0.4 is 4.74 Å². The number of methoxy groups -OCH3 is 1. The summed E-state index contributed by atoms with van der Waals surface area (Å²) in [5.41, 5.74) is 1.12. The monoisotopic (exact) mass is 401 g/mol. The summed E-state index contributed by atoms with van der Waals surface area (Å²) in [4.78, 5) is 7.82. The second-order valence-electron chi connectivity index (χ2n) is 8.67. The number of aliphatic hydroxyl groups excluding tert-OH is 1. The minimum atomic E-state index is 0.275. The fourth-order valence-electron chi connectivity index (χ4n) is 4.85. The van der Waals surface area contributed by atoms with Gasteiger partial charge in [0.25, 0.3) is 0 Å². The van der Waals surface area contributed by atoms with Crippen molar-refractivity contribution >= 4 is 6.08 Å². The van der Waals surface area contributed by atoms with Gasteiger partial charge in [0.2, 0.25) is 0 Å². The number of nitrogens with zero attached hydrogens (tertiary/aromatic N) is 3. The van der Waals surface area contributed by atoms with Gasteiger partial charge in [-0.3, -0.25) is 9.80 Å². The molecule has 0 spiro atoms. The Morgan fingerprint density at radius 2 is 1.90 bits per heavy atom. The van der Waals surface area contributed by atoms with Gasteiger partial charge >= 0.3 is 0 Å². The van der Waals surface area contributed by atoms with E-state index in [1.165, 1.54) is 25.9 Å². The van der Waals surface area contributed by atoms with Gasteiger partial charge in [0.1, 0.15) is 5.75 Å². The van der Waals surface area contributed by atoms with Gasteiger partial charge < -0.3 is 14.7 Å². The van der Waals surface area contributed by atoms with Crippen molar-refractivity contribution in [1.82, 2.24) is 14.7 Å². The summed E-state index contributed by atoms with van der Waals surface area (Å²) in [7, 11) is 1.72. The molecule has 1 atom stereocenters. The predicted octanol–water partition coefficient (Wildman–Crippen LogP) is 2.95. The molecule has 2 fully saturated rings. The molecule has 5 heteroatoms. The smallest absolute Gasteiger partial charge is 0.126 e. The number of para-hydroxylation sites is 1. The van der Waals surface area contributed by atoms with Crippen LogP contribution >= 0.6 is 0 Å². The number of aliphatic hydroxyl groups is 1. The lowest BCUT2D eigenvalue weighted by molar-refractivity contribution is 0.00552. The van der Waals surface area contributed by atoms with Crippen LogP contribution in [0.15, 0.2) is 30.3 Å². The third kappa shape index (κ3) is 6.05. The van der Waals surface area contributed by atoms with Crippen LogP contribution in [-0.4, -0.2) is 90.9 Å². The minimum absolute atomic E-state index is 0.275. The zero-order chi connectivity index (χ0) is 20.6. The van der Waals surface area contributed by atoms with Crippen molar-refractivity contribution < 1.29 is 9.84 Å². The maximum absolute atomic E-state index is 9.64. The predicted molar refractivity (Wildman–Crippen MR) is 120 cm³/mol. The Hall–Kier alpha value is -1.40. The quantitative estimate of drug-likeness (QED) is 0.725. The van der Waals surface area contributed by atoms with E-state index in [4.69, 9.17) is 4.74 Å². The Morgan fingerprint density at radius 1 is 1.14 bits per heavy atom. The fraction of sp³-hybridized carbons (Fsp3) is 0.667. The van der Waals surface area contributed by atoms with Crippen LogP contribution in [0.4, 0.5) is 0 Å². The van der Waals surface area contributed by atoms with Crippen molar-refractivity contribution in [3.63, 3.8) is 0 Å². The van der Waals surface area contributed by atoms with E-state index in [2.05, 4.69) is 46.8 Å². The van der Waals surface area contributed by atoms with Crippen LogP contribution in [0.5, 0.6) is 5.75 Å². The van der Waals surface area contributed by atoms with Gasteiger partial charge in [0.15, 0.2) is 0 Å². The van der Waals surface area contributed by atoms with E-state index in [9.17, 15) is 5.11 Å². The van der Waals surface area contributed by atoms with Crippen molar-refractivity contribution in [2.24, 2.45) is 0 Å². The molecule has 2 aliphatic heterocycles. The molecule has 5 nitrogen and oxygen atoms in total. The lowest BCUT2D eigenvalue weighted by Crippen LogP contribution is -2.58. The van der Waals surface area contributed by atoms with Crippen LogP contribution in [-0.2, 0) is 0 Å². The zero-order valence-electron chi connectivity index (χ0n) is 18.5. The Kier molecular flexibility index (Phi) is 8.54. The van der Waals surface area contributed by atoms with Crippen molar-refractivity contribution in [2.45, 2.75) is 51.2 Å². The molecule has 29 heavy (non-hydrogen) atoms. The third-order valence-corrected chi connectivity index (χ3v) is 6.57. The molecule has 2 aliphatic rings. The third-order valence-electron chi connectivity index (χ3n) is 6.57. The summed E-state index contributed by atoms with van der Waals surface area (Å²) in [6.07, 6.45) is 7.79. The summed E-state index contributed by atoms with van der Waals surface area (Å²) < 4.78 is 5.44. The molecule has 2 heterocycles. The number of rotatable bonds is 8. The van der Waals surface area contributed by atoms with E-state index < -0.39 is 0 Å². The van der Waals surface area contributed by atoms with E-state index in [1.807, 2.05) is 18.2 Å². The summed E-state index contributed by atoms with van der Waals surface area (Å²) in [5, 5.41) is 9.64. The average Bonchev–Trinajstić information content (AvgIpc) is 2.74. The zero-order valence-corrected chi connectivity index (χ0v) is 18.5. The number of hydrogen-bond acceptors (Lipinski definition) is 5. The fourth-order valence-corrected chi connectivity index (χ4v) is 4.85. The second-order valence-corrected chi connectivity index (χ2v) is 8.67. The first-order valence-corrected chi connectivity index (χ1v) is 11.2. The molecule has 162 valence electrons. The van der Waals surface area contributed by atoms with Crippen LogP contribution in [0.25, 0.3) is 6.08 Å². The van der Waals surface area contributed by atoms with E-state index in [0.29, 0.717) is 18.1 Å². The highest BCUT2D eigenvalue weighted by atomic mass is 16.5. The molecule has 3 rings (SSSR count). The Morgan fingerprint density at radius 3 is 2.59 bits per heavy atom. The Bertz CT molecular complexity index is 641. The molecule has 0 amide bonds. The summed E-state index contributed by atoms with van der Waals surface area (Å²) >= 11 is 0. The summed E-state index contributed by atoms with van der Waals surface area (Å²) in [6, 6.07) is 9.92. The number of ether oxygens (including phenoxy) is 1. The van der Waals surface area contributed by atoms with Crippen molar-refractivity contribution in [3.05, 3.63) is 35.9 Å². The molecule has 0 aliphatic carbocycles. The van der Waals surface area contributed by atoms with Crippen LogP contribution in [0.1, 0.15) is 38.7 Å². The molecule has 1 N–H and O–H groups in total. The first-order valence-electron chi connectivity index (χ1n) is 11.2. The van der Waals surface area contributed by atoms with E-state index >= 15 is 0 Å². The highest BCUT2D eigenvalue weighted by molar-refractivity contribution is 5.57. The summed E-state index contributed by atoms with van der Waals surface area (Å²) in [5.74, 6) is 0.916. The second kappa shape index (κ2) is 11.1. The molecule has 1 unspecified atom stereocenters. The maximum Gasteiger partial charge on any atom is 0.126 e. The highest BCUT2D eigenvalue weighted by Crippen LogP contribution is 2.24. The molecule has 2 saturated heterocycles. The topological polar surface area (TPSA) is 39.2 Å². The highest BCUT2D eigenvalue weighted by Gasteiger charge is 2.33. The Labute approximate surface area is 176 Å². The molecular formula is C24H39N3O2. The van der Waals surface area contributed by atoms with E-state index in [-0.39, 0.29) is 6.61 Å². The normalized spacial score (nSPS) is 23.3. The van der Waals surface area contributed by atoms with Gasteiger partial charge in [0.05, 0.1) is 7.11 Å². The van der Waals surface area contributed by atoms with Gasteiger partial charge in [-0.2, -0.15) is 0 Å². The molecule has 0 bridgehead atoms. The van der Waals surface area contributed by atoms with E-state index in [0.717, 1.165) is 43.9 Å². The van der Waals surface area contributed by atoms with Crippen LogP contribution in [0, 0.1) is 0 Å². The van der Waals surface area contributed by atoms with Crippen LogP contribution in [0.3, 0.4) is 0 Å². The molecule has 1 aromatic carbocycles. The van der Waals surface area contributed by atoms with Crippen LogP contribution in [0.2, 0.25) is 0 Å². The molecule has 0 saturated carbocycles. The number of likely N-dealkylation sites (tertiary alicyclic amines) is 1. The average molecular weight is 402 g/mol. The first kappa shape index (κ1) is 22.3. The number of piperidine rings is 1. The SMILES string of the molecule is COc1ccccc1/C=C/CN1CCN(C2CCN(C(C)C)CC2)C(CCO)C1. The first-order chi connectivity index (χ1) is 14.1. The minimum Gasteiger partial charge on any atom is -0.496 e. The lowest BCUT2D eigenvalue weighted by atomic mass is 9.97. The largest absolute Gasteiger partial charge is 0.496 e. The van der Waals surface area contributed by atoms with Crippen molar-refractivity contribution in [3.8, 4) is 5.75 Å². The van der Waals surface area contributed by atoms with Gasteiger partial charge in [-0.15, -0.1) is 0 Å². The lowest BCUT2D eigenvalue weighted by Gasteiger charge is -2.48. The molecule has 0 radical (unpaired) electrons. The van der Waals surface area contributed by atoms with Gasteiger partial charge in [-0.05, 0) is 52.3 Å². The van der Waals surface area contributed by atoms with Crippen molar-refractivity contribution in [2.75, 3.05) is 53.0 Å². The maximum atomic E-state index is 9.64. The van der Waals surface area contributed by atoms with Gasteiger partial charge in [0, 0.05) is 56.5 Å².